The molecule has 0 spiro atoms. The van der Waals surface area contributed by atoms with Crippen molar-refractivity contribution in [1.82, 2.24) is 5.32 Å². The molecule has 94 valence electrons. The monoisotopic (exact) mass is 276 g/mol. The number of nitrogens with one attached hydrogen (secondary N) is 1. The van der Waals surface area contributed by atoms with E-state index < -0.39 is 0 Å². The number of para-hydroxylation sites is 1. The van der Waals surface area contributed by atoms with E-state index in [1.165, 1.54) is 6.07 Å². The van der Waals surface area contributed by atoms with Crippen LogP contribution in [0.2, 0.25) is 5.02 Å². The molecule has 0 saturated carbocycles. The van der Waals surface area contributed by atoms with Crippen LogP contribution in [0.25, 0.3) is 0 Å². The Labute approximate surface area is 110 Å². The van der Waals surface area contributed by atoms with Crippen LogP contribution in [0.1, 0.15) is 0 Å². The molecule has 1 aromatic carbocycles. The summed E-state index contributed by atoms with van der Waals surface area (Å²) in [5.41, 5.74) is 0.616. The van der Waals surface area contributed by atoms with Crippen LogP contribution in [0, 0.1) is 10.1 Å². The Hall–Kier alpha value is -1.04. The van der Waals surface area contributed by atoms with Gasteiger partial charge >= 0.3 is 0 Å². The van der Waals surface area contributed by atoms with E-state index in [1.807, 2.05) is 4.90 Å². The normalized spacial score (nSPS) is 15.2. The summed E-state index contributed by atoms with van der Waals surface area (Å²) in [4.78, 5) is 12.5. The van der Waals surface area contributed by atoms with Gasteiger partial charge in [-0.3, -0.25) is 10.1 Å². The van der Waals surface area contributed by atoms with Crippen LogP contribution in [-0.2, 0) is 0 Å². The number of rotatable bonds is 2. The number of benzene rings is 1. The van der Waals surface area contributed by atoms with Gasteiger partial charge in [0.1, 0.15) is 5.69 Å². The van der Waals surface area contributed by atoms with Crippen LogP contribution < -0.4 is 22.6 Å². The smallest absolute Gasteiger partial charge is 0.294 e. The van der Waals surface area contributed by atoms with Crippen LogP contribution in [0.5, 0.6) is 0 Å². The predicted octanol–water partition coefficient (Wildman–Crippen LogP) is -1.34. The topological polar surface area (TPSA) is 58.4 Å². The Balaban J connectivity index is 0.00000144. The molecule has 7 heteroatoms. The molecule has 0 radical (unpaired) electrons. The van der Waals surface area contributed by atoms with E-state index in [0.29, 0.717) is 10.7 Å². The highest BCUT2D eigenvalue weighted by Crippen LogP contribution is 2.35. The van der Waals surface area contributed by atoms with Gasteiger partial charge in [0.15, 0.2) is 0 Å². The molecule has 1 heterocycles. The molecule has 1 aliphatic rings. The van der Waals surface area contributed by atoms with Crippen LogP contribution in [0.15, 0.2) is 18.2 Å². The Kier molecular flexibility index (Phi) is 4.99. The molecule has 0 unspecified atom stereocenters. The van der Waals surface area contributed by atoms with Gasteiger partial charge in [0.05, 0.1) is 9.95 Å². The van der Waals surface area contributed by atoms with Crippen molar-refractivity contribution >= 4 is 23.0 Å². The maximum atomic E-state index is 10.9. The third-order valence-electron chi connectivity index (χ3n) is 2.60. The first-order valence-corrected chi connectivity index (χ1v) is 5.46. The van der Waals surface area contributed by atoms with E-state index in [1.54, 1.807) is 12.1 Å². The lowest BCUT2D eigenvalue weighted by Gasteiger charge is -2.29. The van der Waals surface area contributed by atoms with Crippen molar-refractivity contribution in [3.63, 3.8) is 0 Å². The summed E-state index contributed by atoms with van der Waals surface area (Å²) in [5, 5.41) is 14.6. The number of nitro benzene ring substituents is 1. The van der Waals surface area contributed by atoms with Crippen molar-refractivity contribution in [3.8, 4) is 0 Å². The molecule has 0 aliphatic carbocycles. The van der Waals surface area contributed by atoms with Crippen molar-refractivity contribution in [2.45, 2.75) is 0 Å². The first-order chi connectivity index (χ1) is 7.70. The minimum Gasteiger partial charge on any atom is -1.00 e. The summed E-state index contributed by atoms with van der Waals surface area (Å²) < 4.78 is 0. The second kappa shape index (κ2) is 6.05. The van der Waals surface area contributed by atoms with Crippen LogP contribution in [0.3, 0.4) is 0 Å². The molecule has 1 fully saturated rings. The van der Waals surface area contributed by atoms with Gasteiger partial charge in [-0.25, -0.2) is 0 Å². The highest BCUT2D eigenvalue weighted by Gasteiger charge is 2.23. The molecule has 2 rings (SSSR count). The zero-order chi connectivity index (χ0) is 11.5. The van der Waals surface area contributed by atoms with Crippen molar-refractivity contribution in [1.29, 1.82) is 0 Å². The summed E-state index contributed by atoms with van der Waals surface area (Å²) in [6.07, 6.45) is 0. The van der Waals surface area contributed by atoms with Crippen molar-refractivity contribution in [3.05, 3.63) is 33.3 Å². The number of nitrogens with zero attached hydrogens (tertiary/aromatic N) is 2. The van der Waals surface area contributed by atoms with E-state index in [-0.39, 0.29) is 23.0 Å². The van der Waals surface area contributed by atoms with Gasteiger partial charge in [0.2, 0.25) is 0 Å². The van der Waals surface area contributed by atoms with E-state index >= 15 is 0 Å². The fourth-order valence-electron chi connectivity index (χ4n) is 1.85. The quantitative estimate of drug-likeness (QED) is 0.537. The molecule has 17 heavy (non-hydrogen) atoms. The standard InChI is InChI=1S/C10H12ClN3O2.ClH/c11-8-2-1-3-9(14(15)16)10(8)13-6-4-12-5-7-13;/h1-3,12H,4-7H2;1H/p-1. The first kappa shape index (κ1) is 14.0. The van der Waals surface area contributed by atoms with Crippen LogP contribution in [-0.4, -0.2) is 31.1 Å². The second-order valence-corrected chi connectivity index (χ2v) is 4.01. The zero-order valence-electron chi connectivity index (χ0n) is 9.03. The number of hydrogen-bond donors (Lipinski definition) is 1. The SMILES string of the molecule is O=[N+]([O-])c1cccc(Cl)c1N1CCNCC1.[Cl-]. The number of anilines is 1. The summed E-state index contributed by atoms with van der Waals surface area (Å²) in [7, 11) is 0. The molecular formula is C10H12Cl2N3O2-. The summed E-state index contributed by atoms with van der Waals surface area (Å²) in [6.45, 7) is 3.12. The summed E-state index contributed by atoms with van der Waals surface area (Å²) >= 11 is 6.04. The molecule has 5 nitrogen and oxygen atoms in total. The molecule has 0 bridgehead atoms. The van der Waals surface area contributed by atoms with Crippen molar-refractivity contribution in [2.24, 2.45) is 0 Å². The van der Waals surface area contributed by atoms with Crippen LogP contribution >= 0.6 is 11.6 Å². The average molecular weight is 277 g/mol. The number of halogens is 2. The van der Waals surface area contributed by atoms with Crippen molar-refractivity contribution in [2.75, 3.05) is 31.1 Å². The van der Waals surface area contributed by atoms with E-state index in [4.69, 9.17) is 11.6 Å². The number of nitro groups is 1. The highest BCUT2D eigenvalue weighted by atomic mass is 35.5. The Morgan fingerprint density at radius 3 is 2.59 bits per heavy atom. The maximum Gasteiger partial charge on any atom is 0.294 e. The molecule has 0 amide bonds. The lowest BCUT2D eigenvalue weighted by Crippen LogP contribution is -3.00. The van der Waals surface area contributed by atoms with E-state index in [9.17, 15) is 10.1 Å². The molecular weight excluding hydrogens is 265 g/mol. The highest BCUT2D eigenvalue weighted by molar-refractivity contribution is 6.33. The Morgan fingerprint density at radius 2 is 2.00 bits per heavy atom. The molecule has 0 atom stereocenters. The van der Waals surface area contributed by atoms with Crippen LogP contribution in [0.4, 0.5) is 11.4 Å². The predicted molar refractivity (Wildman–Crippen MR) is 63.2 cm³/mol. The minimum absolute atomic E-state index is 0. The summed E-state index contributed by atoms with van der Waals surface area (Å²) in [5.74, 6) is 0. The van der Waals surface area contributed by atoms with Gasteiger partial charge < -0.3 is 22.6 Å². The number of piperazine rings is 1. The molecule has 1 aliphatic heterocycles. The number of hydrogen-bond acceptors (Lipinski definition) is 4. The van der Waals surface area contributed by atoms with Crippen molar-refractivity contribution < 1.29 is 17.3 Å². The minimum atomic E-state index is -0.386. The lowest BCUT2D eigenvalue weighted by molar-refractivity contribution is -0.384. The molecule has 1 aromatic rings. The summed E-state index contributed by atoms with van der Waals surface area (Å²) in [6, 6.07) is 4.78. The maximum absolute atomic E-state index is 10.9. The van der Waals surface area contributed by atoms with Gasteiger partial charge in [-0.15, -0.1) is 0 Å². The van der Waals surface area contributed by atoms with Gasteiger partial charge in [-0.1, -0.05) is 17.7 Å². The van der Waals surface area contributed by atoms with Gasteiger partial charge in [-0.05, 0) is 6.07 Å². The van der Waals surface area contributed by atoms with E-state index in [0.717, 1.165) is 26.2 Å². The van der Waals surface area contributed by atoms with Gasteiger partial charge in [0.25, 0.3) is 5.69 Å². The lowest BCUT2D eigenvalue weighted by atomic mass is 10.2. The van der Waals surface area contributed by atoms with E-state index in [2.05, 4.69) is 5.32 Å². The molecule has 1 N–H and O–H groups in total. The van der Waals surface area contributed by atoms with Gasteiger partial charge in [0, 0.05) is 32.2 Å². The Morgan fingerprint density at radius 1 is 1.35 bits per heavy atom. The molecule has 0 aromatic heterocycles. The third-order valence-corrected chi connectivity index (χ3v) is 2.90. The fourth-order valence-corrected chi connectivity index (χ4v) is 2.14. The Bertz CT molecular complexity index is 409. The van der Waals surface area contributed by atoms with Gasteiger partial charge in [-0.2, -0.15) is 0 Å². The largest absolute Gasteiger partial charge is 1.00 e. The second-order valence-electron chi connectivity index (χ2n) is 3.60. The fraction of sp³-hybridized carbons (Fsp3) is 0.400. The third kappa shape index (κ3) is 3.00. The first-order valence-electron chi connectivity index (χ1n) is 5.08. The average Bonchev–Trinajstić information content (AvgIpc) is 2.29. The molecule has 1 saturated heterocycles. The zero-order valence-corrected chi connectivity index (χ0v) is 10.5.